The van der Waals surface area contributed by atoms with E-state index in [4.69, 9.17) is 23.2 Å². The van der Waals surface area contributed by atoms with E-state index in [2.05, 4.69) is 5.32 Å². The van der Waals surface area contributed by atoms with E-state index in [0.717, 1.165) is 11.6 Å². The number of hydrogen-bond donors (Lipinski definition) is 1. The van der Waals surface area contributed by atoms with Gasteiger partial charge in [0.05, 0.1) is 15.5 Å². The first-order valence-corrected chi connectivity index (χ1v) is 6.65. The van der Waals surface area contributed by atoms with Gasteiger partial charge in [-0.1, -0.05) is 23.2 Å². The predicted molar refractivity (Wildman–Crippen MR) is 82.2 cm³/mol. The van der Waals surface area contributed by atoms with Gasteiger partial charge in [-0.2, -0.15) is 0 Å². The lowest BCUT2D eigenvalue weighted by molar-refractivity contribution is -0.384. The standard InChI is InChI=1S/C14H10Cl2N2O3/c1-8-6-9(15)2-5-13(8)17-14(19)11-7-10(18(20)21)3-4-12(11)16/h2-7H,1H3,(H,17,19). The van der Waals surface area contributed by atoms with Gasteiger partial charge in [0, 0.05) is 22.8 Å². The number of nitro groups is 1. The summed E-state index contributed by atoms with van der Waals surface area (Å²) in [6, 6.07) is 8.70. The minimum Gasteiger partial charge on any atom is -0.322 e. The van der Waals surface area contributed by atoms with Crippen LogP contribution in [0.2, 0.25) is 10.0 Å². The summed E-state index contributed by atoms with van der Waals surface area (Å²) in [6.07, 6.45) is 0. The van der Waals surface area contributed by atoms with E-state index >= 15 is 0 Å². The molecule has 21 heavy (non-hydrogen) atoms. The van der Waals surface area contributed by atoms with Crippen LogP contribution in [0.1, 0.15) is 15.9 Å². The van der Waals surface area contributed by atoms with E-state index in [1.54, 1.807) is 25.1 Å². The van der Waals surface area contributed by atoms with Crippen molar-refractivity contribution in [1.82, 2.24) is 0 Å². The van der Waals surface area contributed by atoms with Crippen molar-refractivity contribution in [1.29, 1.82) is 0 Å². The van der Waals surface area contributed by atoms with Crippen LogP contribution in [0, 0.1) is 17.0 Å². The van der Waals surface area contributed by atoms with Gasteiger partial charge in [0.15, 0.2) is 0 Å². The molecule has 0 fully saturated rings. The molecule has 0 saturated carbocycles. The first-order chi connectivity index (χ1) is 9.88. The van der Waals surface area contributed by atoms with Gasteiger partial charge < -0.3 is 5.32 Å². The molecular formula is C14H10Cl2N2O3. The molecule has 0 bridgehead atoms. The molecule has 0 heterocycles. The van der Waals surface area contributed by atoms with Gasteiger partial charge in [-0.05, 0) is 36.8 Å². The molecular weight excluding hydrogens is 315 g/mol. The van der Waals surface area contributed by atoms with Crippen LogP contribution in [-0.2, 0) is 0 Å². The van der Waals surface area contributed by atoms with Crippen molar-refractivity contribution in [2.75, 3.05) is 5.32 Å². The number of carbonyl (C=O) groups excluding carboxylic acids is 1. The molecule has 2 aromatic carbocycles. The Kier molecular flexibility index (Phi) is 4.45. The minimum absolute atomic E-state index is 0.0419. The third-order valence-electron chi connectivity index (χ3n) is 2.84. The van der Waals surface area contributed by atoms with E-state index in [1.165, 1.54) is 12.1 Å². The number of anilines is 1. The van der Waals surface area contributed by atoms with Crippen molar-refractivity contribution in [3.63, 3.8) is 0 Å². The second kappa shape index (κ2) is 6.11. The summed E-state index contributed by atoms with van der Waals surface area (Å²) in [6.45, 7) is 1.79. The fourth-order valence-corrected chi connectivity index (χ4v) is 2.19. The molecule has 0 aliphatic rings. The predicted octanol–water partition coefficient (Wildman–Crippen LogP) is 4.46. The largest absolute Gasteiger partial charge is 0.322 e. The van der Waals surface area contributed by atoms with E-state index in [9.17, 15) is 14.9 Å². The number of amides is 1. The summed E-state index contributed by atoms with van der Waals surface area (Å²) in [4.78, 5) is 22.4. The number of halogens is 2. The third kappa shape index (κ3) is 3.51. The SMILES string of the molecule is Cc1cc(Cl)ccc1NC(=O)c1cc([N+](=O)[O-])ccc1Cl. The van der Waals surface area contributed by atoms with Crippen LogP contribution in [0.5, 0.6) is 0 Å². The normalized spacial score (nSPS) is 10.2. The molecule has 0 radical (unpaired) electrons. The summed E-state index contributed by atoms with van der Waals surface area (Å²) >= 11 is 11.8. The molecule has 0 aromatic heterocycles. The van der Waals surface area contributed by atoms with E-state index in [-0.39, 0.29) is 16.3 Å². The van der Waals surface area contributed by atoms with Crippen molar-refractivity contribution < 1.29 is 9.72 Å². The van der Waals surface area contributed by atoms with Gasteiger partial charge in [0.1, 0.15) is 0 Å². The third-order valence-corrected chi connectivity index (χ3v) is 3.41. The maximum absolute atomic E-state index is 12.2. The molecule has 0 atom stereocenters. The molecule has 0 aliphatic carbocycles. The van der Waals surface area contributed by atoms with Crippen LogP contribution >= 0.6 is 23.2 Å². The number of non-ortho nitro benzene ring substituents is 1. The summed E-state index contributed by atoms with van der Waals surface area (Å²) in [7, 11) is 0. The van der Waals surface area contributed by atoms with Gasteiger partial charge in [-0.25, -0.2) is 0 Å². The van der Waals surface area contributed by atoms with Gasteiger partial charge in [-0.3, -0.25) is 14.9 Å². The van der Waals surface area contributed by atoms with Gasteiger partial charge in [-0.15, -0.1) is 0 Å². The number of nitro benzene ring substituents is 1. The molecule has 0 saturated heterocycles. The fourth-order valence-electron chi connectivity index (χ4n) is 1.76. The number of benzene rings is 2. The Morgan fingerprint density at radius 3 is 2.52 bits per heavy atom. The summed E-state index contributed by atoms with van der Waals surface area (Å²) in [5, 5.41) is 14.1. The average molecular weight is 325 g/mol. The van der Waals surface area contributed by atoms with E-state index in [0.29, 0.717) is 10.7 Å². The molecule has 1 amide bonds. The number of nitrogens with zero attached hydrogens (tertiary/aromatic N) is 1. The van der Waals surface area contributed by atoms with Crippen molar-refractivity contribution >= 4 is 40.5 Å². The highest BCUT2D eigenvalue weighted by Crippen LogP contribution is 2.25. The fraction of sp³-hybridized carbons (Fsp3) is 0.0714. The number of aryl methyl sites for hydroxylation is 1. The molecule has 7 heteroatoms. The summed E-state index contributed by atoms with van der Waals surface area (Å²) < 4.78 is 0. The Hall–Kier alpha value is -2.11. The van der Waals surface area contributed by atoms with Crippen molar-refractivity contribution in [3.05, 3.63) is 67.7 Å². The van der Waals surface area contributed by atoms with Crippen LogP contribution in [0.15, 0.2) is 36.4 Å². The van der Waals surface area contributed by atoms with Crippen LogP contribution in [0.25, 0.3) is 0 Å². The summed E-state index contributed by atoms with van der Waals surface area (Å²) in [5.41, 5.74) is 1.18. The highest BCUT2D eigenvalue weighted by atomic mass is 35.5. The second-order valence-corrected chi connectivity index (χ2v) is 5.18. The molecule has 108 valence electrons. The Morgan fingerprint density at radius 1 is 1.19 bits per heavy atom. The Balaban J connectivity index is 2.32. The molecule has 2 rings (SSSR count). The highest BCUT2D eigenvalue weighted by molar-refractivity contribution is 6.34. The zero-order chi connectivity index (χ0) is 15.6. The van der Waals surface area contributed by atoms with E-state index in [1.807, 2.05) is 0 Å². The highest BCUT2D eigenvalue weighted by Gasteiger charge is 2.16. The van der Waals surface area contributed by atoms with E-state index < -0.39 is 10.8 Å². The number of nitrogens with one attached hydrogen (secondary N) is 1. The molecule has 0 unspecified atom stereocenters. The quantitative estimate of drug-likeness (QED) is 0.669. The van der Waals surface area contributed by atoms with Gasteiger partial charge >= 0.3 is 0 Å². The van der Waals surface area contributed by atoms with Gasteiger partial charge in [0.2, 0.25) is 0 Å². The molecule has 0 aliphatic heterocycles. The Morgan fingerprint density at radius 2 is 1.90 bits per heavy atom. The lowest BCUT2D eigenvalue weighted by Crippen LogP contribution is -2.13. The van der Waals surface area contributed by atoms with Crippen molar-refractivity contribution in [2.45, 2.75) is 6.92 Å². The molecule has 0 spiro atoms. The summed E-state index contributed by atoms with van der Waals surface area (Å²) in [5.74, 6) is -0.519. The molecule has 1 N–H and O–H groups in total. The minimum atomic E-state index is -0.583. The monoisotopic (exact) mass is 324 g/mol. The molecule has 5 nitrogen and oxygen atoms in total. The first-order valence-electron chi connectivity index (χ1n) is 5.90. The number of hydrogen-bond acceptors (Lipinski definition) is 3. The van der Waals surface area contributed by atoms with Crippen LogP contribution in [-0.4, -0.2) is 10.8 Å². The smallest absolute Gasteiger partial charge is 0.270 e. The van der Waals surface area contributed by atoms with Crippen molar-refractivity contribution in [2.24, 2.45) is 0 Å². The average Bonchev–Trinajstić information content (AvgIpc) is 2.42. The van der Waals surface area contributed by atoms with Crippen LogP contribution in [0.4, 0.5) is 11.4 Å². The van der Waals surface area contributed by atoms with Crippen LogP contribution in [0.3, 0.4) is 0 Å². The van der Waals surface area contributed by atoms with Crippen LogP contribution < -0.4 is 5.32 Å². The number of rotatable bonds is 3. The first kappa shape index (κ1) is 15.3. The van der Waals surface area contributed by atoms with Gasteiger partial charge in [0.25, 0.3) is 11.6 Å². The van der Waals surface area contributed by atoms with Crippen molar-refractivity contribution in [3.8, 4) is 0 Å². The Labute approximate surface area is 130 Å². The zero-order valence-electron chi connectivity index (χ0n) is 10.9. The zero-order valence-corrected chi connectivity index (χ0v) is 12.4. The number of carbonyl (C=O) groups is 1. The topological polar surface area (TPSA) is 72.2 Å². The Bertz CT molecular complexity index is 732. The maximum atomic E-state index is 12.2. The molecule has 2 aromatic rings. The lowest BCUT2D eigenvalue weighted by atomic mass is 10.1. The second-order valence-electron chi connectivity index (χ2n) is 4.33. The maximum Gasteiger partial charge on any atom is 0.270 e. The lowest BCUT2D eigenvalue weighted by Gasteiger charge is -2.09.